The molecule has 0 spiro atoms. The van der Waals surface area contributed by atoms with Crippen molar-refractivity contribution in [3.8, 4) is 0 Å². The van der Waals surface area contributed by atoms with Crippen molar-refractivity contribution in [2.24, 2.45) is 0 Å². The molecule has 2 rings (SSSR count). The predicted molar refractivity (Wildman–Crippen MR) is 63.7 cm³/mol. The van der Waals surface area contributed by atoms with E-state index in [1.807, 2.05) is 17.1 Å². The first kappa shape index (κ1) is 11.1. The summed E-state index contributed by atoms with van der Waals surface area (Å²) in [5.41, 5.74) is 0. The van der Waals surface area contributed by atoms with Gasteiger partial charge < -0.3 is 4.57 Å². The number of hydrogen-bond donors (Lipinski definition) is 1. The topological polar surface area (TPSA) is 51.4 Å². The van der Waals surface area contributed by atoms with Gasteiger partial charge in [-0.05, 0) is 19.1 Å². The Hall–Kier alpha value is -1.43. The number of hydrogen-bond acceptors (Lipinski definition) is 3. The van der Waals surface area contributed by atoms with Crippen LogP contribution >= 0.6 is 12.2 Å². The summed E-state index contributed by atoms with van der Waals surface area (Å²) in [7, 11) is 0. The van der Waals surface area contributed by atoms with Gasteiger partial charge in [0.25, 0.3) is 0 Å². The number of nitrogens with zero attached hydrogens (tertiary/aromatic N) is 4. The van der Waals surface area contributed by atoms with Crippen molar-refractivity contribution in [2.75, 3.05) is 0 Å². The van der Waals surface area contributed by atoms with Crippen LogP contribution in [0.25, 0.3) is 0 Å². The third kappa shape index (κ3) is 2.06. The Morgan fingerprint density at radius 3 is 3.00 bits per heavy atom. The SMILES string of the molecule is CCc1n[nH]c(=S)n1C(C)Cn1ccnc1. The largest absolute Gasteiger partial charge is 0.335 e. The molecule has 2 aromatic rings. The van der Waals surface area contributed by atoms with E-state index in [1.165, 1.54) is 0 Å². The lowest BCUT2D eigenvalue weighted by molar-refractivity contribution is 0.447. The summed E-state index contributed by atoms with van der Waals surface area (Å²) < 4.78 is 4.79. The Morgan fingerprint density at radius 1 is 1.56 bits per heavy atom. The fourth-order valence-corrected chi connectivity index (χ4v) is 2.15. The van der Waals surface area contributed by atoms with Gasteiger partial charge in [-0.3, -0.25) is 9.67 Å². The van der Waals surface area contributed by atoms with Gasteiger partial charge in [0.2, 0.25) is 0 Å². The Bertz CT molecular complexity index is 496. The van der Waals surface area contributed by atoms with Crippen molar-refractivity contribution in [2.45, 2.75) is 32.9 Å². The molecule has 0 aromatic carbocycles. The molecular formula is C10H15N5S. The van der Waals surface area contributed by atoms with Gasteiger partial charge in [-0.1, -0.05) is 6.92 Å². The van der Waals surface area contributed by atoms with Crippen molar-refractivity contribution in [3.05, 3.63) is 29.3 Å². The van der Waals surface area contributed by atoms with Crippen LogP contribution in [0.3, 0.4) is 0 Å². The van der Waals surface area contributed by atoms with Crippen LogP contribution in [0.15, 0.2) is 18.7 Å². The zero-order valence-corrected chi connectivity index (χ0v) is 10.2. The van der Waals surface area contributed by atoms with Gasteiger partial charge in [0.15, 0.2) is 4.77 Å². The van der Waals surface area contributed by atoms with Gasteiger partial charge in [-0.25, -0.2) is 4.98 Å². The van der Waals surface area contributed by atoms with Gasteiger partial charge >= 0.3 is 0 Å². The van der Waals surface area contributed by atoms with Crippen LogP contribution in [0.1, 0.15) is 25.7 Å². The van der Waals surface area contributed by atoms with Crippen molar-refractivity contribution < 1.29 is 0 Å². The fourth-order valence-electron chi connectivity index (χ4n) is 1.82. The van der Waals surface area contributed by atoms with Gasteiger partial charge in [0.05, 0.1) is 12.4 Å². The second kappa shape index (κ2) is 4.61. The maximum absolute atomic E-state index is 5.23. The maximum atomic E-state index is 5.23. The summed E-state index contributed by atoms with van der Waals surface area (Å²) in [5, 5.41) is 7.05. The number of aromatic nitrogens is 5. The molecule has 0 radical (unpaired) electrons. The van der Waals surface area contributed by atoms with Crippen molar-refractivity contribution in [3.63, 3.8) is 0 Å². The van der Waals surface area contributed by atoms with Crippen molar-refractivity contribution in [1.82, 2.24) is 24.3 Å². The fraction of sp³-hybridized carbons (Fsp3) is 0.500. The summed E-state index contributed by atoms with van der Waals surface area (Å²) in [4.78, 5) is 4.03. The molecule has 2 aromatic heterocycles. The van der Waals surface area contributed by atoms with Gasteiger partial charge in [-0.15, -0.1) is 0 Å². The molecule has 0 fully saturated rings. The summed E-state index contributed by atoms with van der Waals surface area (Å²) in [5.74, 6) is 0.998. The number of rotatable bonds is 4. The highest BCUT2D eigenvalue weighted by atomic mass is 32.1. The van der Waals surface area contributed by atoms with E-state index in [2.05, 4.69) is 33.6 Å². The molecule has 0 saturated carbocycles. The van der Waals surface area contributed by atoms with Gasteiger partial charge in [0, 0.05) is 25.4 Å². The van der Waals surface area contributed by atoms with E-state index >= 15 is 0 Å². The minimum Gasteiger partial charge on any atom is -0.335 e. The monoisotopic (exact) mass is 237 g/mol. The van der Waals surface area contributed by atoms with E-state index in [-0.39, 0.29) is 6.04 Å². The van der Waals surface area contributed by atoms with E-state index in [0.717, 1.165) is 18.8 Å². The highest BCUT2D eigenvalue weighted by molar-refractivity contribution is 7.71. The zero-order chi connectivity index (χ0) is 11.5. The molecule has 1 unspecified atom stereocenters. The highest BCUT2D eigenvalue weighted by Crippen LogP contribution is 2.12. The molecule has 1 atom stereocenters. The van der Waals surface area contributed by atoms with Crippen LogP contribution in [0.2, 0.25) is 0 Å². The number of aromatic amines is 1. The second-order valence-electron chi connectivity index (χ2n) is 3.78. The second-order valence-corrected chi connectivity index (χ2v) is 4.16. The predicted octanol–water partition coefficient (Wildman–Crippen LogP) is 1.96. The lowest BCUT2D eigenvalue weighted by Gasteiger charge is -2.15. The van der Waals surface area contributed by atoms with Crippen LogP contribution in [0, 0.1) is 4.77 Å². The Labute approximate surface area is 99.1 Å². The first-order valence-corrected chi connectivity index (χ1v) is 5.74. The quantitative estimate of drug-likeness (QED) is 0.827. The lowest BCUT2D eigenvalue weighted by Crippen LogP contribution is -2.14. The average Bonchev–Trinajstić information content (AvgIpc) is 2.87. The first-order chi connectivity index (χ1) is 7.72. The minimum atomic E-state index is 0.274. The molecule has 0 bridgehead atoms. The van der Waals surface area contributed by atoms with E-state index in [9.17, 15) is 0 Å². The smallest absolute Gasteiger partial charge is 0.195 e. The molecule has 0 amide bonds. The molecule has 0 aliphatic carbocycles. The number of aryl methyl sites for hydroxylation is 1. The average molecular weight is 237 g/mol. The molecule has 86 valence electrons. The molecule has 0 aliphatic heterocycles. The van der Waals surface area contributed by atoms with E-state index in [0.29, 0.717) is 4.77 Å². The Kier molecular flexibility index (Phi) is 3.19. The minimum absolute atomic E-state index is 0.274. The van der Waals surface area contributed by atoms with E-state index < -0.39 is 0 Å². The summed E-state index contributed by atoms with van der Waals surface area (Å²) in [6.07, 6.45) is 6.42. The van der Waals surface area contributed by atoms with Crippen LogP contribution in [0.4, 0.5) is 0 Å². The normalized spacial score (nSPS) is 12.9. The zero-order valence-electron chi connectivity index (χ0n) is 9.42. The Morgan fingerprint density at radius 2 is 2.38 bits per heavy atom. The van der Waals surface area contributed by atoms with Crippen LogP contribution in [-0.4, -0.2) is 24.3 Å². The summed E-state index contributed by atoms with van der Waals surface area (Å²) in [6, 6.07) is 0.274. The highest BCUT2D eigenvalue weighted by Gasteiger charge is 2.11. The number of imidazole rings is 1. The molecule has 0 saturated heterocycles. The molecule has 1 N–H and O–H groups in total. The molecule has 2 heterocycles. The number of nitrogens with one attached hydrogen (secondary N) is 1. The summed E-state index contributed by atoms with van der Waals surface area (Å²) >= 11 is 5.23. The third-order valence-electron chi connectivity index (χ3n) is 2.57. The molecule has 5 nitrogen and oxygen atoms in total. The van der Waals surface area contributed by atoms with Crippen LogP contribution in [0.5, 0.6) is 0 Å². The van der Waals surface area contributed by atoms with Gasteiger partial charge in [0.1, 0.15) is 5.82 Å². The maximum Gasteiger partial charge on any atom is 0.195 e. The Balaban J connectivity index is 2.23. The molecular weight excluding hydrogens is 222 g/mol. The summed E-state index contributed by atoms with van der Waals surface area (Å²) in [6.45, 7) is 5.05. The van der Waals surface area contributed by atoms with Crippen LogP contribution in [-0.2, 0) is 13.0 Å². The van der Waals surface area contributed by atoms with Crippen molar-refractivity contribution >= 4 is 12.2 Å². The first-order valence-electron chi connectivity index (χ1n) is 5.34. The van der Waals surface area contributed by atoms with Gasteiger partial charge in [-0.2, -0.15) is 5.10 Å². The third-order valence-corrected chi connectivity index (χ3v) is 2.86. The lowest BCUT2D eigenvalue weighted by atomic mass is 10.3. The van der Waals surface area contributed by atoms with E-state index in [1.54, 1.807) is 6.20 Å². The molecule has 0 aliphatic rings. The van der Waals surface area contributed by atoms with E-state index in [4.69, 9.17) is 12.2 Å². The molecule has 6 heteroatoms. The number of H-pyrrole nitrogens is 1. The standard InChI is InChI=1S/C10H15N5S/c1-3-9-12-13-10(16)15(9)8(2)6-14-5-4-11-7-14/h4-5,7-8H,3,6H2,1-2H3,(H,13,16). The van der Waals surface area contributed by atoms with Crippen molar-refractivity contribution in [1.29, 1.82) is 0 Å². The van der Waals surface area contributed by atoms with Crippen LogP contribution < -0.4 is 0 Å². The molecule has 16 heavy (non-hydrogen) atoms.